The monoisotopic (exact) mass is 367 g/mol. The second kappa shape index (κ2) is 7.65. The lowest BCUT2D eigenvalue weighted by Gasteiger charge is -2.09. The van der Waals surface area contributed by atoms with E-state index in [1.165, 1.54) is 11.1 Å². The van der Waals surface area contributed by atoms with Crippen molar-refractivity contribution in [3.8, 4) is 22.3 Å². The van der Waals surface area contributed by atoms with Crippen LogP contribution in [0.15, 0.2) is 78.9 Å². The lowest BCUT2D eigenvalue weighted by atomic mass is 9.98. The Labute approximate surface area is 164 Å². The predicted octanol–water partition coefficient (Wildman–Crippen LogP) is 6.05. The first-order valence-electron chi connectivity index (χ1n) is 9.40. The number of hydrogen-bond acceptors (Lipinski definition) is 3. The Kier molecular flexibility index (Phi) is 4.90. The van der Waals surface area contributed by atoms with Crippen LogP contribution in [0.1, 0.15) is 23.0 Å². The standard InChI is InChI=1S/C25H21NO2/c1-3-28-25(27)24-15-17(2)22-16-21(13-14-23(22)26-24)20-11-9-19(10-12-20)18-7-5-4-6-8-18/h4-16H,3H2,1-2H3. The van der Waals surface area contributed by atoms with Crippen LogP contribution >= 0.6 is 0 Å². The number of ether oxygens (including phenoxy) is 1. The number of rotatable bonds is 4. The lowest BCUT2D eigenvalue weighted by molar-refractivity contribution is 0.0520. The summed E-state index contributed by atoms with van der Waals surface area (Å²) in [4.78, 5) is 16.5. The van der Waals surface area contributed by atoms with Gasteiger partial charge in [0.05, 0.1) is 12.1 Å². The molecule has 0 saturated carbocycles. The van der Waals surface area contributed by atoms with E-state index in [9.17, 15) is 4.79 Å². The molecule has 4 rings (SSSR count). The molecule has 0 aliphatic carbocycles. The largest absolute Gasteiger partial charge is 0.461 e. The number of aryl methyl sites for hydroxylation is 1. The van der Waals surface area contributed by atoms with Crippen LogP contribution in [0.4, 0.5) is 0 Å². The Morgan fingerprint density at radius 2 is 1.43 bits per heavy atom. The van der Waals surface area contributed by atoms with Gasteiger partial charge in [0.15, 0.2) is 0 Å². The molecule has 0 N–H and O–H groups in total. The van der Waals surface area contributed by atoms with E-state index < -0.39 is 0 Å². The molecule has 0 radical (unpaired) electrons. The van der Waals surface area contributed by atoms with Crippen LogP contribution in [-0.2, 0) is 4.74 Å². The molecule has 138 valence electrons. The molecule has 0 atom stereocenters. The topological polar surface area (TPSA) is 39.2 Å². The molecule has 1 aromatic heterocycles. The van der Waals surface area contributed by atoms with Crippen molar-refractivity contribution in [1.82, 2.24) is 4.98 Å². The number of hydrogen-bond donors (Lipinski definition) is 0. The quantitative estimate of drug-likeness (QED) is 0.412. The van der Waals surface area contributed by atoms with Crippen LogP contribution in [-0.4, -0.2) is 17.6 Å². The summed E-state index contributed by atoms with van der Waals surface area (Å²) in [7, 11) is 0. The first kappa shape index (κ1) is 17.9. The number of esters is 1. The van der Waals surface area contributed by atoms with Crippen LogP contribution in [0, 0.1) is 6.92 Å². The molecular weight excluding hydrogens is 346 g/mol. The highest BCUT2D eigenvalue weighted by Crippen LogP contribution is 2.28. The number of carbonyl (C=O) groups excluding carboxylic acids is 1. The van der Waals surface area contributed by atoms with Crippen LogP contribution in [0.5, 0.6) is 0 Å². The first-order valence-corrected chi connectivity index (χ1v) is 9.40. The number of aromatic nitrogens is 1. The Morgan fingerprint density at radius 3 is 2.11 bits per heavy atom. The van der Waals surface area contributed by atoms with Crippen molar-refractivity contribution in [3.05, 3.63) is 90.1 Å². The molecule has 3 nitrogen and oxygen atoms in total. The molecule has 4 aromatic rings. The number of benzene rings is 3. The third kappa shape index (κ3) is 3.52. The third-order valence-corrected chi connectivity index (χ3v) is 4.83. The third-order valence-electron chi connectivity index (χ3n) is 4.83. The summed E-state index contributed by atoms with van der Waals surface area (Å²) >= 11 is 0. The molecule has 3 heteroatoms. The summed E-state index contributed by atoms with van der Waals surface area (Å²) in [5.74, 6) is -0.381. The van der Waals surface area contributed by atoms with Gasteiger partial charge in [0.1, 0.15) is 5.69 Å². The summed E-state index contributed by atoms with van der Waals surface area (Å²) in [5, 5.41) is 1.04. The summed E-state index contributed by atoms with van der Waals surface area (Å²) in [6.45, 7) is 4.13. The van der Waals surface area contributed by atoms with Gasteiger partial charge in [-0.3, -0.25) is 0 Å². The summed E-state index contributed by atoms with van der Waals surface area (Å²) in [6.07, 6.45) is 0. The zero-order chi connectivity index (χ0) is 19.5. The van der Waals surface area contributed by atoms with Gasteiger partial charge in [-0.15, -0.1) is 0 Å². The smallest absolute Gasteiger partial charge is 0.356 e. The van der Waals surface area contributed by atoms with E-state index in [0.29, 0.717) is 12.3 Å². The molecule has 0 spiro atoms. The van der Waals surface area contributed by atoms with Gasteiger partial charge in [-0.2, -0.15) is 0 Å². The van der Waals surface area contributed by atoms with Crippen LogP contribution in [0.2, 0.25) is 0 Å². The Morgan fingerprint density at radius 1 is 0.821 bits per heavy atom. The zero-order valence-electron chi connectivity index (χ0n) is 16.0. The van der Waals surface area contributed by atoms with Crippen molar-refractivity contribution in [2.75, 3.05) is 6.61 Å². The van der Waals surface area contributed by atoms with E-state index in [4.69, 9.17) is 4.74 Å². The van der Waals surface area contributed by atoms with Crippen molar-refractivity contribution < 1.29 is 9.53 Å². The number of nitrogens with zero attached hydrogens (tertiary/aromatic N) is 1. The summed E-state index contributed by atoms with van der Waals surface area (Å²) in [5.41, 5.74) is 6.84. The van der Waals surface area contributed by atoms with E-state index in [0.717, 1.165) is 27.6 Å². The molecule has 1 heterocycles. The summed E-state index contributed by atoms with van der Waals surface area (Å²) < 4.78 is 5.07. The molecule has 0 saturated heterocycles. The van der Waals surface area contributed by atoms with E-state index in [1.54, 1.807) is 13.0 Å². The maximum atomic E-state index is 12.0. The molecule has 28 heavy (non-hydrogen) atoms. The maximum absolute atomic E-state index is 12.0. The average Bonchev–Trinajstić information content (AvgIpc) is 2.74. The Bertz CT molecular complexity index is 1130. The Hall–Kier alpha value is -3.46. The highest BCUT2D eigenvalue weighted by molar-refractivity contribution is 5.94. The highest BCUT2D eigenvalue weighted by Gasteiger charge is 2.12. The van der Waals surface area contributed by atoms with E-state index in [1.807, 2.05) is 37.3 Å². The van der Waals surface area contributed by atoms with Gasteiger partial charge in [-0.1, -0.05) is 60.7 Å². The lowest BCUT2D eigenvalue weighted by Crippen LogP contribution is -2.07. The minimum Gasteiger partial charge on any atom is -0.461 e. The van der Waals surface area contributed by atoms with Crippen LogP contribution < -0.4 is 0 Å². The highest BCUT2D eigenvalue weighted by atomic mass is 16.5. The minimum atomic E-state index is -0.381. The van der Waals surface area contributed by atoms with Crippen molar-refractivity contribution >= 4 is 16.9 Å². The Balaban J connectivity index is 1.69. The average molecular weight is 367 g/mol. The molecule has 0 unspecified atom stereocenters. The van der Waals surface area contributed by atoms with Gasteiger partial charge in [-0.05, 0) is 59.9 Å². The number of fused-ring (bicyclic) bond motifs is 1. The molecule has 0 aliphatic rings. The number of pyridine rings is 1. The van der Waals surface area contributed by atoms with Gasteiger partial charge < -0.3 is 4.74 Å². The molecular formula is C25H21NO2. The van der Waals surface area contributed by atoms with E-state index in [-0.39, 0.29) is 5.97 Å². The second-order valence-corrected chi connectivity index (χ2v) is 6.72. The van der Waals surface area contributed by atoms with Gasteiger partial charge in [0, 0.05) is 5.39 Å². The van der Waals surface area contributed by atoms with Gasteiger partial charge in [0.25, 0.3) is 0 Å². The molecule has 0 amide bonds. The maximum Gasteiger partial charge on any atom is 0.356 e. The normalized spacial score (nSPS) is 10.8. The molecule has 3 aromatic carbocycles. The number of carbonyl (C=O) groups is 1. The van der Waals surface area contributed by atoms with Gasteiger partial charge >= 0.3 is 5.97 Å². The summed E-state index contributed by atoms with van der Waals surface area (Å²) in [6, 6.07) is 26.8. The first-order chi connectivity index (χ1) is 13.7. The van der Waals surface area contributed by atoms with E-state index >= 15 is 0 Å². The van der Waals surface area contributed by atoms with Crippen molar-refractivity contribution in [3.63, 3.8) is 0 Å². The predicted molar refractivity (Wildman–Crippen MR) is 113 cm³/mol. The van der Waals surface area contributed by atoms with Crippen LogP contribution in [0.25, 0.3) is 33.2 Å². The van der Waals surface area contributed by atoms with Crippen molar-refractivity contribution in [2.24, 2.45) is 0 Å². The van der Waals surface area contributed by atoms with E-state index in [2.05, 4.69) is 47.4 Å². The fourth-order valence-corrected chi connectivity index (χ4v) is 3.37. The fourth-order valence-electron chi connectivity index (χ4n) is 3.37. The van der Waals surface area contributed by atoms with Gasteiger partial charge in [-0.25, -0.2) is 9.78 Å². The van der Waals surface area contributed by atoms with Crippen LogP contribution in [0.3, 0.4) is 0 Å². The molecule has 0 fully saturated rings. The van der Waals surface area contributed by atoms with Crippen molar-refractivity contribution in [1.29, 1.82) is 0 Å². The molecule has 0 aliphatic heterocycles. The minimum absolute atomic E-state index is 0.343. The van der Waals surface area contributed by atoms with Gasteiger partial charge in [0.2, 0.25) is 0 Å². The SMILES string of the molecule is CCOC(=O)c1cc(C)c2cc(-c3ccc(-c4ccccc4)cc3)ccc2n1. The zero-order valence-corrected chi connectivity index (χ0v) is 16.0. The molecule has 0 bridgehead atoms. The van der Waals surface area contributed by atoms with Crippen molar-refractivity contribution in [2.45, 2.75) is 13.8 Å². The fraction of sp³-hybridized carbons (Fsp3) is 0.120. The second-order valence-electron chi connectivity index (χ2n) is 6.72.